The number of nitrogens with two attached hydrogens (primary N) is 1. The van der Waals surface area contributed by atoms with Crippen molar-refractivity contribution >= 4 is 5.84 Å². The predicted molar refractivity (Wildman–Crippen MR) is 72.2 cm³/mol. The standard InChI is InChI=1S/C13H14N4O3/c1-2-19-9-3-5-10(6-4-9)20-12-8-15-11(7-16-12)13(14)17-18/h3-8,18H,2H2,1H3,(H2,14,17). The molecule has 1 aromatic carbocycles. The van der Waals surface area contributed by atoms with Gasteiger partial charge >= 0.3 is 0 Å². The summed E-state index contributed by atoms with van der Waals surface area (Å²) >= 11 is 0. The number of rotatable bonds is 5. The number of nitrogens with zero attached hydrogens (tertiary/aromatic N) is 3. The number of ether oxygens (including phenoxy) is 2. The highest BCUT2D eigenvalue weighted by Crippen LogP contribution is 2.21. The minimum atomic E-state index is -0.106. The number of hydrogen-bond acceptors (Lipinski definition) is 6. The molecule has 0 aliphatic carbocycles. The van der Waals surface area contributed by atoms with Crippen LogP contribution in [0.3, 0.4) is 0 Å². The highest BCUT2D eigenvalue weighted by molar-refractivity contribution is 5.94. The van der Waals surface area contributed by atoms with E-state index < -0.39 is 0 Å². The van der Waals surface area contributed by atoms with Crippen molar-refractivity contribution in [3.63, 3.8) is 0 Å². The van der Waals surface area contributed by atoms with E-state index in [0.717, 1.165) is 5.75 Å². The quantitative estimate of drug-likeness (QED) is 0.373. The van der Waals surface area contributed by atoms with Crippen LogP contribution in [0.15, 0.2) is 41.8 Å². The van der Waals surface area contributed by atoms with Gasteiger partial charge in [0.1, 0.15) is 17.2 Å². The minimum absolute atomic E-state index is 0.106. The molecular formula is C13H14N4O3. The monoisotopic (exact) mass is 274 g/mol. The number of benzene rings is 1. The molecule has 0 saturated heterocycles. The van der Waals surface area contributed by atoms with Crippen LogP contribution in [0.5, 0.6) is 17.4 Å². The van der Waals surface area contributed by atoms with Gasteiger partial charge in [-0.25, -0.2) is 9.97 Å². The van der Waals surface area contributed by atoms with Crippen molar-refractivity contribution in [3.8, 4) is 17.4 Å². The molecule has 3 N–H and O–H groups in total. The van der Waals surface area contributed by atoms with Gasteiger partial charge in [0.25, 0.3) is 0 Å². The number of oxime groups is 1. The van der Waals surface area contributed by atoms with E-state index in [9.17, 15) is 0 Å². The van der Waals surface area contributed by atoms with Gasteiger partial charge in [-0.15, -0.1) is 0 Å². The van der Waals surface area contributed by atoms with E-state index in [1.54, 1.807) is 24.3 Å². The highest BCUT2D eigenvalue weighted by atomic mass is 16.5. The van der Waals surface area contributed by atoms with Crippen molar-refractivity contribution in [1.29, 1.82) is 0 Å². The van der Waals surface area contributed by atoms with Gasteiger partial charge < -0.3 is 20.4 Å². The molecule has 7 heteroatoms. The average Bonchev–Trinajstić information content (AvgIpc) is 2.49. The maximum absolute atomic E-state index is 8.51. The van der Waals surface area contributed by atoms with E-state index in [1.807, 2.05) is 6.92 Å². The molecule has 1 heterocycles. The molecular weight excluding hydrogens is 260 g/mol. The van der Waals surface area contributed by atoms with Crippen LogP contribution in [-0.4, -0.2) is 27.6 Å². The Labute approximate surface area is 115 Å². The molecule has 0 unspecified atom stereocenters. The summed E-state index contributed by atoms with van der Waals surface area (Å²) < 4.78 is 10.8. The van der Waals surface area contributed by atoms with Crippen molar-refractivity contribution in [2.45, 2.75) is 6.92 Å². The third-order valence-corrected chi connectivity index (χ3v) is 2.36. The Morgan fingerprint density at radius 2 is 1.90 bits per heavy atom. The zero-order valence-corrected chi connectivity index (χ0v) is 10.9. The maximum atomic E-state index is 8.51. The summed E-state index contributed by atoms with van der Waals surface area (Å²) in [5.41, 5.74) is 5.65. The van der Waals surface area contributed by atoms with Gasteiger partial charge in [0.2, 0.25) is 5.88 Å². The summed E-state index contributed by atoms with van der Waals surface area (Å²) in [7, 11) is 0. The van der Waals surface area contributed by atoms with Crippen LogP contribution in [0.25, 0.3) is 0 Å². The highest BCUT2D eigenvalue weighted by Gasteiger charge is 2.04. The van der Waals surface area contributed by atoms with E-state index in [0.29, 0.717) is 18.2 Å². The molecule has 0 fully saturated rings. The molecule has 0 aliphatic rings. The first-order chi connectivity index (χ1) is 9.72. The van der Waals surface area contributed by atoms with Crippen molar-refractivity contribution in [3.05, 3.63) is 42.4 Å². The van der Waals surface area contributed by atoms with Gasteiger partial charge in [-0.1, -0.05) is 5.16 Å². The van der Waals surface area contributed by atoms with Gasteiger partial charge in [0, 0.05) is 0 Å². The summed E-state index contributed by atoms with van der Waals surface area (Å²) in [6.45, 7) is 2.53. The van der Waals surface area contributed by atoms with Crippen LogP contribution in [0, 0.1) is 0 Å². The molecule has 0 radical (unpaired) electrons. The molecule has 0 amide bonds. The topological polar surface area (TPSA) is 103 Å². The third kappa shape index (κ3) is 3.35. The lowest BCUT2D eigenvalue weighted by Gasteiger charge is -2.06. The van der Waals surface area contributed by atoms with Gasteiger partial charge in [0.15, 0.2) is 5.84 Å². The van der Waals surface area contributed by atoms with Gasteiger partial charge in [-0.2, -0.15) is 0 Å². The smallest absolute Gasteiger partial charge is 0.237 e. The van der Waals surface area contributed by atoms with E-state index in [4.69, 9.17) is 20.4 Å². The normalized spacial score (nSPS) is 11.2. The summed E-state index contributed by atoms with van der Waals surface area (Å²) in [4.78, 5) is 7.98. The maximum Gasteiger partial charge on any atom is 0.237 e. The Balaban J connectivity index is 2.06. The zero-order valence-electron chi connectivity index (χ0n) is 10.9. The summed E-state index contributed by atoms with van der Waals surface area (Å²) in [5, 5.41) is 11.4. The van der Waals surface area contributed by atoms with Crippen molar-refractivity contribution < 1.29 is 14.7 Å². The molecule has 0 bridgehead atoms. The first kappa shape index (κ1) is 13.6. The Bertz CT molecular complexity index is 582. The summed E-state index contributed by atoms with van der Waals surface area (Å²) in [6, 6.07) is 7.14. The minimum Gasteiger partial charge on any atom is -0.494 e. The fourth-order valence-corrected chi connectivity index (χ4v) is 1.44. The largest absolute Gasteiger partial charge is 0.494 e. The first-order valence-electron chi connectivity index (χ1n) is 5.93. The molecule has 0 saturated carbocycles. The fourth-order valence-electron chi connectivity index (χ4n) is 1.44. The summed E-state index contributed by atoms with van der Waals surface area (Å²) in [6.07, 6.45) is 2.75. The second kappa shape index (κ2) is 6.37. The molecule has 20 heavy (non-hydrogen) atoms. The molecule has 0 atom stereocenters. The molecule has 0 spiro atoms. The van der Waals surface area contributed by atoms with E-state index in [1.165, 1.54) is 12.4 Å². The van der Waals surface area contributed by atoms with E-state index in [-0.39, 0.29) is 11.5 Å². The SMILES string of the molecule is CCOc1ccc(Oc2cnc(C(N)=NO)cn2)cc1. The Morgan fingerprint density at radius 3 is 2.45 bits per heavy atom. The number of aromatic nitrogens is 2. The molecule has 1 aromatic heterocycles. The Morgan fingerprint density at radius 1 is 1.20 bits per heavy atom. The van der Waals surface area contributed by atoms with Crippen LogP contribution in [0.1, 0.15) is 12.6 Å². The van der Waals surface area contributed by atoms with Gasteiger partial charge in [-0.05, 0) is 31.2 Å². The zero-order chi connectivity index (χ0) is 14.4. The lowest BCUT2D eigenvalue weighted by atomic mass is 10.3. The Hall–Kier alpha value is -2.83. The predicted octanol–water partition coefficient (Wildman–Crippen LogP) is 1.76. The van der Waals surface area contributed by atoms with Crippen LogP contribution < -0.4 is 15.2 Å². The molecule has 0 aliphatic heterocycles. The molecule has 7 nitrogen and oxygen atoms in total. The lowest BCUT2D eigenvalue weighted by Crippen LogP contribution is -2.15. The number of amidine groups is 1. The second-order valence-electron chi connectivity index (χ2n) is 3.73. The number of hydrogen-bond donors (Lipinski definition) is 2. The third-order valence-electron chi connectivity index (χ3n) is 2.36. The lowest BCUT2D eigenvalue weighted by molar-refractivity contribution is 0.318. The molecule has 2 rings (SSSR count). The first-order valence-corrected chi connectivity index (χ1v) is 5.93. The molecule has 104 valence electrons. The van der Waals surface area contributed by atoms with Crippen LogP contribution in [0.2, 0.25) is 0 Å². The van der Waals surface area contributed by atoms with Crippen LogP contribution >= 0.6 is 0 Å². The van der Waals surface area contributed by atoms with Crippen LogP contribution in [-0.2, 0) is 0 Å². The van der Waals surface area contributed by atoms with Gasteiger partial charge in [0.05, 0.1) is 19.0 Å². The Kier molecular flexibility index (Phi) is 4.33. The van der Waals surface area contributed by atoms with Crippen molar-refractivity contribution in [2.75, 3.05) is 6.61 Å². The summed E-state index contributed by atoms with van der Waals surface area (Å²) in [5.74, 6) is 1.58. The van der Waals surface area contributed by atoms with Crippen molar-refractivity contribution in [2.24, 2.45) is 10.9 Å². The van der Waals surface area contributed by atoms with Gasteiger partial charge in [-0.3, -0.25) is 0 Å². The average molecular weight is 274 g/mol. The van der Waals surface area contributed by atoms with Crippen molar-refractivity contribution in [1.82, 2.24) is 9.97 Å². The molecule has 2 aromatic rings. The van der Waals surface area contributed by atoms with E-state index >= 15 is 0 Å². The van der Waals surface area contributed by atoms with E-state index in [2.05, 4.69) is 15.1 Å². The fraction of sp³-hybridized carbons (Fsp3) is 0.154. The second-order valence-corrected chi connectivity index (χ2v) is 3.73. The van der Waals surface area contributed by atoms with Crippen LogP contribution in [0.4, 0.5) is 0 Å².